The molecule has 3 rings (SSSR count). The first-order chi connectivity index (χ1) is 11.0. The number of carbonyl (C=O) groups is 1. The number of nitrogens with zero attached hydrogens (tertiary/aromatic N) is 1. The molecule has 1 N–H and O–H groups in total. The summed E-state index contributed by atoms with van der Waals surface area (Å²) < 4.78 is 6.06. The Morgan fingerprint density at radius 2 is 1.91 bits per heavy atom. The summed E-state index contributed by atoms with van der Waals surface area (Å²) in [5.74, 6) is 0.258. The Morgan fingerprint density at radius 1 is 1.17 bits per heavy atom. The second-order valence-electron chi connectivity index (χ2n) is 4.52. The topological polar surface area (TPSA) is 51.2 Å². The number of hydrogen-bond donors (Lipinski definition) is 1. The number of nitrogens with one attached hydrogen (secondary N) is 1. The van der Waals surface area contributed by atoms with Gasteiger partial charge in [0, 0.05) is 0 Å². The number of fused-ring (bicyclic) bond motifs is 1. The summed E-state index contributed by atoms with van der Waals surface area (Å²) in [5.41, 5.74) is 0.882. The molecule has 2 aromatic carbocycles. The number of anilines is 1. The molecule has 0 aliphatic carbocycles. The average Bonchev–Trinajstić information content (AvgIpc) is 2.92. The maximum atomic E-state index is 12.4. The van der Waals surface area contributed by atoms with Gasteiger partial charge >= 0.3 is 0 Å². The van der Waals surface area contributed by atoms with Crippen LogP contribution in [0.2, 0.25) is 15.1 Å². The smallest absolute Gasteiger partial charge is 0.260 e. The molecule has 3 aromatic rings. The van der Waals surface area contributed by atoms with E-state index in [-0.39, 0.29) is 20.6 Å². The van der Waals surface area contributed by atoms with Crippen molar-refractivity contribution in [2.45, 2.75) is 0 Å². The van der Waals surface area contributed by atoms with Crippen molar-refractivity contribution < 1.29 is 9.53 Å². The van der Waals surface area contributed by atoms with Crippen molar-refractivity contribution in [2.75, 3.05) is 12.4 Å². The summed E-state index contributed by atoms with van der Waals surface area (Å²) in [6.45, 7) is 0. The van der Waals surface area contributed by atoms with Crippen molar-refractivity contribution in [3.63, 3.8) is 0 Å². The molecule has 1 heterocycles. The number of rotatable bonds is 3. The van der Waals surface area contributed by atoms with Crippen LogP contribution < -0.4 is 10.1 Å². The summed E-state index contributed by atoms with van der Waals surface area (Å²) in [6.07, 6.45) is 0. The third-order valence-electron chi connectivity index (χ3n) is 3.09. The monoisotopic (exact) mass is 386 g/mol. The maximum Gasteiger partial charge on any atom is 0.260 e. The molecule has 4 nitrogen and oxygen atoms in total. The molecule has 0 atom stereocenters. The second kappa shape index (κ2) is 6.53. The van der Waals surface area contributed by atoms with E-state index in [9.17, 15) is 4.79 Å². The van der Waals surface area contributed by atoms with E-state index in [1.54, 1.807) is 13.2 Å². The summed E-state index contributed by atoms with van der Waals surface area (Å²) >= 11 is 19.4. The standard InChI is InChI=1S/C15H9Cl3N2O2S/c1-22-7-2-5-10-11(6-7)23-15(19-10)20-14(21)12-8(16)3-4-9(17)13(12)18/h2-6H,1H3,(H,19,20,21). The number of ether oxygens (including phenoxy) is 1. The molecular formula is C15H9Cl3N2O2S. The molecule has 0 aliphatic rings. The van der Waals surface area contributed by atoms with E-state index in [0.29, 0.717) is 5.13 Å². The van der Waals surface area contributed by atoms with Crippen LogP contribution in [0.15, 0.2) is 30.3 Å². The summed E-state index contributed by atoms with van der Waals surface area (Å²) in [7, 11) is 1.59. The van der Waals surface area contributed by atoms with Gasteiger partial charge in [-0.3, -0.25) is 10.1 Å². The highest BCUT2D eigenvalue weighted by Crippen LogP contribution is 2.33. The SMILES string of the molecule is COc1ccc2nc(NC(=O)c3c(Cl)ccc(Cl)c3Cl)sc2c1. The van der Waals surface area contributed by atoms with E-state index in [0.717, 1.165) is 16.0 Å². The molecule has 0 spiro atoms. The van der Waals surface area contributed by atoms with Crippen LogP contribution in [0.25, 0.3) is 10.2 Å². The Morgan fingerprint density at radius 3 is 2.65 bits per heavy atom. The molecule has 118 valence electrons. The molecule has 23 heavy (non-hydrogen) atoms. The zero-order valence-electron chi connectivity index (χ0n) is 11.7. The third-order valence-corrected chi connectivity index (χ3v) is 5.14. The summed E-state index contributed by atoms with van der Waals surface area (Å²) in [4.78, 5) is 16.8. The molecule has 0 aliphatic heterocycles. The molecular weight excluding hydrogens is 379 g/mol. The number of benzene rings is 2. The van der Waals surface area contributed by atoms with Gasteiger partial charge in [0.1, 0.15) is 5.75 Å². The number of thiazole rings is 1. The van der Waals surface area contributed by atoms with Gasteiger partial charge in [-0.05, 0) is 30.3 Å². The molecule has 1 aromatic heterocycles. The van der Waals surface area contributed by atoms with E-state index in [2.05, 4.69) is 10.3 Å². The van der Waals surface area contributed by atoms with Gasteiger partial charge in [0.15, 0.2) is 5.13 Å². The van der Waals surface area contributed by atoms with Crippen LogP contribution in [0.5, 0.6) is 5.75 Å². The first kappa shape index (κ1) is 16.3. The van der Waals surface area contributed by atoms with Crippen molar-refractivity contribution in [3.8, 4) is 5.75 Å². The van der Waals surface area contributed by atoms with Gasteiger partial charge in [-0.2, -0.15) is 0 Å². The third kappa shape index (κ3) is 3.23. The van der Waals surface area contributed by atoms with E-state index < -0.39 is 5.91 Å². The molecule has 8 heteroatoms. The molecule has 0 saturated carbocycles. The number of aromatic nitrogens is 1. The zero-order valence-corrected chi connectivity index (χ0v) is 14.8. The molecule has 0 fully saturated rings. The minimum Gasteiger partial charge on any atom is -0.497 e. The van der Waals surface area contributed by atoms with Crippen LogP contribution in [0.3, 0.4) is 0 Å². The summed E-state index contributed by atoms with van der Waals surface area (Å²) in [5, 5.41) is 3.72. The Hall–Kier alpha value is -1.53. The fourth-order valence-electron chi connectivity index (χ4n) is 1.98. The Kier molecular flexibility index (Phi) is 4.64. The Labute approximate surface area is 150 Å². The van der Waals surface area contributed by atoms with Crippen molar-refractivity contribution in [1.29, 1.82) is 0 Å². The van der Waals surface area contributed by atoms with Gasteiger partial charge < -0.3 is 4.74 Å². The highest BCUT2D eigenvalue weighted by molar-refractivity contribution is 7.22. The predicted octanol–water partition coefficient (Wildman–Crippen LogP) is 5.52. The Balaban J connectivity index is 1.93. The lowest BCUT2D eigenvalue weighted by Gasteiger charge is -2.07. The highest BCUT2D eigenvalue weighted by Gasteiger charge is 2.18. The lowest BCUT2D eigenvalue weighted by Crippen LogP contribution is -2.13. The molecule has 0 unspecified atom stereocenters. The fourth-order valence-corrected chi connectivity index (χ4v) is 3.57. The van der Waals surface area contributed by atoms with Crippen LogP contribution >= 0.6 is 46.1 Å². The molecule has 0 radical (unpaired) electrons. The van der Waals surface area contributed by atoms with Gasteiger partial charge in [0.05, 0.1) is 38.0 Å². The number of halogens is 3. The number of carbonyl (C=O) groups excluding carboxylic acids is 1. The van der Waals surface area contributed by atoms with E-state index in [1.807, 2.05) is 12.1 Å². The number of amides is 1. The normalized spacial score (nSPS) is 10.8. The van der Waals surface area contributed by atoms with Gasteiger partial charge in [0.2, 0.25) is 0 Å². The van der Waals surface area contributed by atoms with Crippen LogP contribution in [-0.2, 0) is 0 Å². The Bertz CT molecular complexity index is 911. The van der Waals surface area contributed by atoms with Crippen molar-refractivity contribution in [3.05, 3.63) is 51.0 Å². The maximum absolute atomic E-state index is 12.4. The van der Waals surface area contributed by atoms with Gasteiger partial charge in [-0.25, -0.2) is 4.98 Å². The van der Waals surface area contributed by atoms with Crippen molar-refractivity contribution in [1.82, 2.24) is 4.98 Å². The number of methoxy groups -OCH3 is 1. The van der Waals surface area contributed by atoms with Gasteiger partial charge in [-0.15, -0.1) is 0 Å². The zero-order chi connectivity index (χ0) is 16.6. The van der Waals surface area contributed by atoms with Crippen LogP contribution in [-0.4, -0.2) is 18.0 Å². The fraction of sp³-hybridized carbons (Fsp3) is 0.0667. The van der Waals surface area contributed by atoms with Crippen molar-refractivity contribution >= 4 is 67.4 Å². The lowest BCUT2D eigenvalue weighted by molar-refractivity contribution is 0.102. The quantitative estimate of drug-likeness (QED) is 0.602. The van der Waals surface area contributed by atoms with Crippen molar-refractivity contribution in [2.24, 2.45) is 0 Å². The first-order valence-corrected chi connectivity index (χ1v) is 8.34. The molecule has 0 saturated heterocycles. The van der Waals surface area contributed by atoms with Crippen LogP contribution in [0.4, 0.5) is 5.13 Å². The average molecular weight is 388 g/mol. The lowest BCUT2D eigenvalue weighted by atomic mass is 10.2. The molecule has 1 amide bonds. The predicted molar refractivity (Wildman–Crippen MR) is 95.6 cm³/mol. The minimum atomic E-state index is -0.464. The first-order valence-electron chi connectivity index (χ1n) is 6.39. The second-order valence-corrected chi connectivity index (χ2v) is 6.75. The van der Waals surface area contributed by atoms with E-state index in [4.69, 9.17) is 39.5 Å². The molecule has 0 bridgehead atoms. The van der Waals surface area contributed by atoms with E-state index >= 15 is 0 Å². The largest absolute Gasteiger partial charge is 0.497 e. The summed E-state index contributed by atoms with van der Waals surface area (Å²) in [6, 6.07) is 8.53. The highest BCUT2D eigenvalue weighted by atomic mass is 35.5. The van der Waals surface area contributed by atoms with Crippen LogP contribution in [0, 0.1) is 0 Å². The minimum absolute atomic E-state index is 0.111. The number of hydrogen-bond acceptors (Lipinski definition) is 4. The van der Waals surface area contributed by atoms with Gasteiger partial charge in [-0.1, -0.05) is 46.1 Å². The van der Waals surface area contributed by atoms with E-state index in [1.165, 1.54) is 23.5 Å². The van der Waals surface area contributed by atoms with Gasteiger partial charge in [0.25, 0.3) is 5.91 Å². The van der Waals surface area contributed by atoms with Crippen LogP contribution in [0.1, 0.15) is 10.4 Å².